The largest absolute Gasteiger partial charge is 0.490 e. The molecule has 2 aromatic carbocycles. The summed E-state index contributed by atoms with van der Waals surface area (Å²) in [7, 11) is -17.0. The highest BCUT2D eigenvalue weighted by Gasteiger charge is 2.47. The van der Waals surface area contributed by atoms with Crippen LogP contribution < -0.4 is 11.2 Å². The molecule has 1 aromatic heterocycles. The minimum absolute atomic E-state index is 0.0139. The van der Waals surface area contributed by atoms with Crippen LogP contribution in [-0.4, -0.2) is 64.3 Å². The molecule has 1 aliphatic heterocycles. The summed E-state index contributed by atoms with van der Waals surface area (Å²) in [5.74, 6) is 0. The number of nitrogens with one attached hydrogen (secondary N) is 1. The topological polar surface area (TPSA) is 264 Å². The molecule has 0 radical (unpaired) electrons. The van der Waals surface area contributed by atoms with Crippen molar-refractivity contribution < 1.29 is 61.4 Å². The standard InChI is InChI=1S/C21H23N2O15P3S/c24-17-14(11-35-40(31,32)38-41(33,34)37-39(28,29)30)36-20(18(17)25)23-10-16(19(26)22-21(23)27)42-15-9-5-4-8-13(15)12-6-2-1-3-7-12/h1-10,14,17-18,20,24-25H,11H2,(H,31,32)(H,33,34)(H,22,26,27)(H2,28,29,30)/t14-,17-,18-,20-/m1/s1. The third-order valence-electron chi connectivity index (χ3n) is 5.56. The zero-order chi connectivity index (χ0) is 30.9. The number of aromatic amines is 1. The van der Waals surface area contributed by atoms with Crippen molar-refractivity contribution in [1.82, 2.24) is 9.55 Å². The third-order valence-corrected chi connectivity index (χ3v) is 10.4. The Balaban J connectivity index is 1.52. The van der Waals surface area contributed by atoms with Gasteiger partial charge in [-0.1, -0.05) is 60.3 Å². The van der Waals surface area contributed by atoms with Gasteiger partial charge in [0.25, 0.3) is 5.56 Å². The van der Waals surface area contributed by atoms with Crippen molar-refractivity contribution in [3.63, 3.8) is 0 Å². The molecule has 4 rings (SSSR count). The van der Waals surface area contributed by atoms with Crippen LogP contribution in [-0.2, 0) is 31.6 Å². The maximum absolute atomic E-state index is 12.6. The van der Waals surface area contributed by atoms with Crippen molar-refractivity contribution >= 4 is 35.2 Å². The lowest BCUT2D eigenvalue weighted by atomic mass is 10.1. The number of aliphatic hydroxyl groups excluding tert-OH is 2. The van der Waals surface area contributed by atoms with E-state index < -0.39 is 65.9 Å². The fourth-order valence-electron chi connectivity index (χ4n) is 3.83. The molecule has 228 valence electrons. The van der Waals surface area contributed by atoms with Crippen LogP contribution in [0.1, 0.15) is 6.23 Å². The van der Waals surface area contributed by atoms with Gasteiger partial charge in [-0.15, -0.1) is 0 Å². The zero-order valence-corrected chi connectivity index (χ0v) is 24.3. The summed E-state index contributed by atoms with van der Waals surface area (Å²) in [5.41, 5.74) is -0.118. The average molecular weight is 668 g/mol. The number of rotatable bonds is 11. The molecule has 17 nitrogen and oxygen atoms in total. The van der Waals surface area contributed by atoms with Crippen LogP contribution in [0.4, 0.5) is 0 Å². The molecule has 3 aromatic rings. The van der Waals surface area contributed by atoms with Crippen LogP contribution in [0, 0.1) is 0 Å². The lowest BCUT2D eigenvalue weighted by molar-refractivity contribution is -0.0545. The number of ether oxygens (including phenoxy) is 1. The number of aliphatic hydroxyl groups is 2. The average Bonchev–Trinajstić information content (AvgIpc) is 3.16. The van der Waals surface area contributed by atoms with Crippen molar-refractivity contribution in [3.8, 4) is 11.1 Å². The summed E-state index contributed by atoms with van der Waals surface area (Å²) in [6.07, 6.45) is -5.86. The SMILES string of the molecule is O=c1[nH]c(=O)n([C@@H]2O[C@H](COP(=O)(O)OP(=O)(O)OP(=O)(O)O)[C@@H](O)[C@H]2O)cc1Sc1ccccc1-c1ccccc1. The van der Waals surface area contributed by atoms with Gasteiger partial charge in [-0.3, -0.25) is 18.9 Å². The lowest BCUT2D eigenvalue weighted by Crippen LogP contribution is -2.38. The Hall–Kier alpha value is -2.24. The number of phosphoric ester groups is 1. The fourth-order valence-corrected chi connectivity index (χ4v) is 7.85. The van der Waals surface area contributed by atoms with Gasteiger partial charge in [0, 0.05) is 11.1 Å². The van der Waals surface area contributed by atoms with Gasteiger partial charge in [-0.05, 0) is 17.2 Å². The molecule has 0 aliphatic carbocycles. The molecule has 0 spiro atoms. The van der Waals surface area contributed by atoms with E-state index in [0.29, 0.717) is 4.90 Å². The van der Waals surface area contributed by atoms with Gasteiger partial charge < -0.3 is 34.5 Å². The van der Waals surface area contributed by atoms with Crippen LogP contribution in [0.15, 0.2) is 80.2 Å². The molecule has 42 heavy (non-hydrogen) atoms. The minimum Gasteiger partial charge on any atom is -0.387 e. The van der Waals surface area contributed by atoms with Crippen LogP contribution >= 0.6 is 35.2 Å². The Morgan fingerprint density at radius 3 is 2.17 bits per heavy atom. The molecular weight excluding hydrogens is 645 g/mol. The second-order valence-corrected chi connectivity index (χ2v) is 14.1. The number of hydrogen-bond acceptors (Lipinski definition) is 12. The first-order chi connectivity index (χ1) is 19.6. The summed E-state index contributed by atoms with van der Waals surface area (Å²) in [5, 5.41) is 20.9. The zero-order valence-electron chi connectivity index (χ0n) is 20.8. The van der Waals surface area contributed by atoms with E-state index in [1.54, 1.807) is 12.1 Å². The van der Waals surface area contributed by atoms with Gasteiger partial charge in [-0.25, -0.2) is 18.5 Å². The second-order valence-electron chi connectivity index (χ2n) is 8.56. The van der Waals surface area contributed by atoms with E-state index in [9.17, 15) is 43.3 Å². The molecule has 2 unspecified atom stereocenters. The smallest absolute Gasteiger partial charge is 0.387 e. The van der Waals surface area contributed by atoms with Gasteiger partial charge in [0.05, 0.1) is 11.5 Å². The summed E-state index contributed by atoms with van der Waals surface area (Å²) in [6.45, 7) is -1.08. The van der Waals surface area contributed by atoms with E-state index in [1.165, 1.54) is 0 Å². The highest BCUT2D eigenvalue weighted by atomic mass is 32.2. The number of aromatic nitrogens is 2. The monoisotopic (exact) mass is 668 g/mol. The number of H-pyrrole nitrogens is 1. The second kappa shape index (κ2) is 12.8. The predicted molar refractivity (Wildman–Crippen MR) is 143 cm³/mol. The van der Waals surface area contributed by atoms with Crippen molar-refractivity contribution in [2.75, 3.05) is 6.61 Å². The van der Waals surface area contributed by atoms with Crippen LogP contribution in [0.3, 0.4) is 0 Å². The molecule has 1 saturated heterocycles. The summed E-state index contributed by atoms with van der Waals surface area (Å²) in [4.78, 5) is 64.1. The van der Waals surface area contributed by atoms with Crippen molar-refractivity contribution in [2.45, 2.75) is 34.3 Å². The van der Waals surface area contributed by atoms with E-state index >= 15 is 0 Å². The first-order valence-electron chi connectivity index (χ1n) is 11.5. The van der Waals surface area contributed by atoms with Gasteiger partial charge in [0.1, 0.15) is 18.3 Å². The summed E-state index contributed by atoms with van der Waals surface area (Å²) >= 11 is 1.01. The molecule has 7 N–H and O–H groups in total. The van der Waals surface area contributed by atoms with Crippen molar-refractivity contribution in [3.05, 3.63) is 81.6 Å². The molecule has 0 saturated carbocycles. The molecular formula is C21H23N2O15P3S. The summed E-state index contributed by atoms with van der Waals surface area (Å²) < 4.78 is 52.1. The first kappa shape index (κ1) is 32.7. The molecule has 21 heteroatoms. The van der Waals surface area contributed by atoms with Crippen molar-refractivity contribution in [1.29, 1.82) is 0 Å². The predicted octanol–water partition coefficient (Wildman–Crippen LogP) is 1.32. The molecule has 0 bridgehead atoms. The quantitative estimate of drug-likeness (QED) is 0.142. The van der Waals surface area contributed by atoms with E-state index in [2.05, 4.69) is 18.1 Å². The van der Waals surface area contributed by atoms with Gasteiger partial charge in [-0.2, -0.15) is 8.62 Å². The Morgan fingerprint density at radius 1 is 0.857 bits per heavy atom. The Morgan fingerprint density at radius 2 is 1.50 bits per heavy atom. The highest BCUT2D eigenvalue weighted by molar-refractivity contribution is 7.99. The molecule has 2 heterocycles. The normalized spacial score (nSPS) is 23.8. The molecule has 0 amide bonds. The number of phosphoric acid groups is 3. The molecule has 6 atom stereocenters. The van der Waals surface area contributed by atoms with Crippen molar-refractivity contribution in [2.24, 2.45) is 0 Å². The number of benzene rings is 2. The maximum atomic E-state index is 12.6. The van der Waals surface area contributed by atoms with Crippen LogP contribution in [0.25, 0.3) is 11.1 Å². The van der Waals surface area contributed by atoms with E-state index in [0.717, 1.165) is 33.7 Å². The first-order valence-corrected chi connectivity index (χ1v) is 16.9. The molecule has 1 fully saturated rings. The van der Waals surface area contributed by atoms with Gasteiger partial charge in [0.15, 0.2) is 6.23 Å². The van der Waals surface area contributed by atoms with Gasteiger partial charge >= 0.3 is 29.2 Å². The Bertz CT molecular complexity index is 1690. The Kier molecular flexibility index (Phi) is 9.94. The molecule has 1 aliphatic rings. The fraction of sp³-hybridized carbons (Fsp3) is 0.238. The summed E-state index contributed by atoms with van der Waals surface area (Å²) in [6, 6.07) is 16.4. The number of hydrogen-bond donors (Lipinski definition) is 7. The van der Waals surface area contributed by atoms with Crippen LogP contribution in [0.2, 0.25) is 0 Å². The van der Waals surface area contributed by atoms with E-state index in [4.69, 9.17) is 14.5 Å². The van der Waals surface area contributed by atoms with Crippen LogP contribution in [0.5, 0.6) is 0 Å². The number of nitrogens with zero attached hydrogens (tertiary/aromatic N) is 1. The minimum atomic E-state index is -5.79. The van der Waals surface area contributed by atoms with Gasteiger partial charge in [0.2, 0.25) is 0 Å². The van der Waals surface area contributed by atoms with E-state index in [-0.39, 0.29) is 4.90 Å². The maximum Gasteiger partial charge on any atom is 0.490 e. The lowest BCUT2D eigenvalue weighted by Gasteiger charge is -2.19. The third kappa shape index (κ3) is 8.23. The van der Waals surface area contributed by atoms with E-state index in [1.807, 2.05) is 42.5 Å². The highest BCUT2D eigenvalue weighted by Crippen LogP contribution is 2.66. The Labute approximate surface area is 239 Å².